The molecule has 4 nitrogen and oxygen atoms in total. The second kappa shape index (κ2) is 6.83. The zero-order chi connectivity index (χ0) is 15.4. The molecule has 1 N–H and O–H groups in total. The van der Waals surface area contributed by atoms with Crippen LogP contribution >= 0.6 is 27.5 Å². The van der Waals surface area contributed by atoms with E-state index in [0.717, 1.165) is 4.47 Å². The number of carbonyl (C=O) groups excluding carboxylic acids is 1. The number of amides is 1. The Balaban J connectivity index is 2.26. The number of anilines is 1. The fourth-order valence-corrected chi connectivity index (χ4v) is 2.28. The van der Waals surface area contributed by atoms with Gasteiger partial charge in [0.15, 0.2) is 11.5 Å². The minimum absolute atomic E-state index is 0.265. The van der Waals surface area contributed by atoms with Gasteiger partial charge < -0.3 is 14.8 Å². The number of hydrogen-bond donors (Lipinski definition) is 1. The van der Waals surface area contributed by atoms with E-state index >= 15 is 0 Å². The van der Waals surface area contributed by atoms with Crippen molar-refractivity contribution in [2.45, 2.75) is 0 Å². The van der Waals surface area contributed by atoms with Crippen LogP contribution < -0.4 is 14.8 Å². The van der Waals surface area contributed by atoms with Crippen LogP contribution in [0.25, 0.3) is 0 Å². The van der Waals surface area contributed by atoms with E-state index in [-0.39, 0.29) is 5.91 Å². The van der Waals surface area contributed by atoms with Crippen molar-refractivity contribution in [2.75, 3.05) is 19.5 Å². The van der Waals surface area contributed by atoms with Gasteiger partial charge in [-0.05, 0) is 52.3 Å². The number of rotatable bonds is 4. The highest BCUT2D eigenvalue weighted by atomic mass is 79.9. The molecule has 0 saturated carbocycles. The first-order valence-corrected chi connectivity index (χ1v) is 7.20. The lowest BCUT2D eigenvalue weighted by molar-refractivity contribution is 0.102. The van der Waals surface area contributed by atoms with Gasteiger partial charge in [-0.1, -0.05) is 11.6 Å². The largest absolute Gasteiger partial charge is 0.493 e. The van der Waals surface area contributed by atoms with E-state index in [1.54, 1.807) is 43.5 Å². The lowest BCUT2D eigenvalue weighted by Gasteiger charge is -2.11. The number of ether oxygens (including phenoxy) is 2. The summed E-state index contributed by atoms with van der Waals surface area (Å²) in [6.45, 7) is 0. The number of nitrogens with one attached hydrogen (secondary N) is 1. The maximum Gasteiger partial charge on any atom is 0.255 e. The topological polar surface area (TPSA) is 47.6 Å². The summed E-state index contributed by atoms with van der Waals surface area (Å²) in [6, 6.07) is 10.1. The molecule has 2 rings (SSSR count). The Morgan fingerprint density at radius 1 is 1.10 bits per heavy atom. The Bertz CT molecular complexity index is 676. The zero-order valence-corrected chi connectivity index (χ0v) is 13.8. The standard InChI is InChI=1S/C15H13BrClNO3/c1-20-13-6-3-9(7-14(13)21-2)15(19)18-12-8-10(17)4-5-11(12)16/h3-8H,1-2H3,(H,18,19). The van der Waals surface area contributed by atoms with Gasteiger partial charge in [-0.2, -0.15) is 0 Å². The average Bonchev–Trinajstić information content (AvgIpc) is 2.50. The highest BCUT2D eigenvalue weighted by Crippen LogP contribution is 2.29. The fraction of sp³-hybridized carbons (Fsp3) is 0.133. The first kappa shape index (κ1) is 15.7. The van der Waals surface area contributed by atoms with Gasteiger partial charge in [0, 0.05) is 15.1 Å². The third-order valence-corrected chi connectivity index (χ3v) is 3.75. The fourth-order valence-electron chi connectivity index (χ4n) is 1.77. The van der Waals surface area contributed by atoms with Crippen molar-refractivity contribution < 1.29 is 14.3 Å². The van der Waals surface area contributed by atoms with Crippen molar-refractivity contribution >= 4 is 39.1 Å². The molecule has 110 valence electrons. The first-order chi connectivity index (χ1) is 10.0. The van der Waals surface area contributed by atoms with Gasteiger partial charge in [-0.25, -0.2) is 0 Å². The Kier molecular flexibility index (Phi) is 5.09. The van der Waals surface area contributed by atoms with Crippen molar-refractivity contribution in [1.29, 1.82) is 0 Å². The molecule has 6 heteroatoms. The summed E-state index contributed by atoms with van der Waals surface area (Å²) in [6.07, 6.45) is 0. The van der Waals surface area contributed by atoms with Gasteiger partial charge >= 0.3 is 0 Å². The van der Waals surface area contributed by atoms with Crippen LogP contribution in [0.2, 0.25) is 5.02 Å². The first-order valence-electron chi connectivity index (χ1n) is 6.03. The highest BCUT2D eigenvalue weighted by molar-refractivity contribution is 9.10. The van der Waals surface area contributed by atoms with E-state index in [2.05, 4.69) is 21.2 Å². The van der Waals surface area contributed by atoms with E-state index in [9.17, 15) is 4.79 Å². The smallest absolute Gasteiger partial charge is 0.255 e. The summed E-state index contributed by atoms with van der Waals surface area (Å²) in [5, 5.41) is 3.33. The van der Waals surface area contributed by atoms with E-state index in [1.165, 1.54) is 7.11 Å². The Labute approximate surface area is 136 Å². The van der Waals surface area contributed by atoms with E-state index < -0.39 is 0 Å². The molecule has 0 aromatic heterocycles. The van der Waals surface area contributed by atoms with Crippen LogP contribution in [0.15, 0.2) is 40.9 Å². The van der Waals surface area contributed by atoms with E-state index in [1.807, 2.05) is 0 Å². The van der Waals surface area contributed by atoms with Crippen LogP contribution in [0, 0.1) is 0 Å². The molecular weight excluding hydrogens is 358 g/mol. The van der Waals surface area contributed by atoms with Crippen LogP contribution in [0.3, 0.4) is 0 Å². The van der Waals surface area contributed by atoms with E-state index in [0.29, 0.717) is 27.8 Å². The molecule has 0 aliphatic rings. The molecular formula is C15H13BrClNO3. The maximum atomic E-state index is 12.3. The second-order valence-electron chi connectivity index (χ2n) is 4.15. The summed E-state index contributed by atoms with van der Waals surface area (Å²) < 4.78 is 11.1. The molecule has 2 aromatic rings. The molecule has 1 amide bonds. The molecule has 0 spiro atoms. The molecule has 0 atom stereocenters. The van der Waals surface area contributed by atoms with E-state index in [4.69, 9.17) is 21.1 Å². The minimum atomic E-state index is -0.265. The van der Waals surface area contributed by atoms with Gasteiger partial charge in [-0.15, -0.1) is 0 Å². The molecule has 0 aliphatic carbocycles. The molecule has 0 heterocycles. The van der Waals surface area contributed by atoms with Gasteiger partial charge in [0.2, 0.25) is 0 Å². The SMILES string of the molecule is COc1ccc(C(=O)Nc2cc(Cl)ccc2Br)cc1OC. The third-order valence-electron chi connectivity index (χ3n) is 2.82. The van der Waals surface area contributed by atoms with Crippen molar-refractivity contribution in [3.63, 3.8) is 0 Å². The summed E-state index contributed by atoms with van der Waals surface area (Å²) in [7, 11) is 3.06. The van der Waals surface area contributed by atoms with Gasteiger partial charge in [0.1, 0.15) is 0 Å². The molecule has 21 heavy (non-hydrogen) atoms. The molecule has 0 unspecified atom stereocenters. The number of carbonyl (C=O) groups is 1. The Morgan fingerprint density at radius 3 is 2.48 bits per heavy atom. The number of halogens is 2. The quantitative estimate of drug-likeness (QED) is 0.869. The highest BCUT2D eigenvalue weighted by Gasteiger charge is 2.12. The average molecular weight is 371 g/mol. The summed E-state index contributed by atoms with van der Waals surface area (Å²) in [5.74, 6) is 0.798. The molecule has 0 aliphatic heterocycles. The molecule has 0 bridgehead atoms. The predicted molar refractivity (Wildman–Crippen MR) is 86.7 cm³/mol. The molecule has 0 fully saturated rings. The summed E-state index contributed by atoms with van der Waals surface area (Å²) >= 11 is 9.29. The van der Waals surface area contributed by atoms with Crippen LogP contribution in [0.1, 0.15) is 10.4 Å². The lowest BCUT2D eigenvalue weighted by atomic mass is 10.2. The van der Waals surface area contributed by atoms with Crippen molar-refractivity contribution in [1.82, 2.24) is 0 Å². The minimum Gasteiger partial charge on any atom is -0.493 e. The van der Waals surface area contributed by atoms with Gasteiger partial charge in [0.25, 0.3) is 5.91 Å². The normalized spacial score (nSPS) is 10.1. The maximum absolute atomic E-state index is 12.3. The van der Waals surface area contributed by atoms with Crippen molar-refractivity contribution in [3.8, 4) is 11.5 Å². The third kappa shape index (κ3) is 3.68. The summed E-state index contributed by atoms with van der Waals surface area (Å²) in [5.41, 5.74) is 1.06. The Hall–Kier alpha value is -1.72. The molecule has 2 aromatic carbocycles. The van der Waals surface area contributed by atoms with Gasteiger partial charge in [0.05, 0.1) is 19.9 Å². The van der Waals surface area contributed by atoms with Gasteiger partial charge in [-0.3, -0.25) is 4.79 Å². The van der Waals surface area contributed by atoms with Crippen molar-refractivity contribution in [2.24, 2.45) is 0 Å². The number of benzene rings is 2. The number of hydrogen-bond acceptors (Lipinski definition) is 3. The molecule has 0 radical (unpaired) electrons. The second-order valence-corrected chi connectivity index (χ2v) is 5.44. The zero-order valence-electron chi connectivity index (χ0n) is 11.4. The van der Waals surface area contributed by atoms with Crippen LogP contribution in [0.4, 0.5) is 5.69 Å². The van der Waals surface area contributed by atoms with Crippen LogP contribution in [-0.4, -0.2) is 20.1 Å². The summed E-state index contributed by atoms with van der Waals surface area (Å²) in [4.78, 5) is 12.3. The number of methoxy groups -OCH3 is 2. The van der Waals surface area contributed by atoms with Crippen LogP contribution in [0.5, 0.6) is 11.5 Å². The van der Waals surface area contributed by atoms with Crippen LogP contribution in [-0.2, 0) is 0 Å². The lowest BCUT2D eigenvalue weighted by Crippen LogP contribution is -2.12. The molecule has 0 saturated heterocycles. The van der Waals surface area contributed by atoms with Crippen molar-refractivity contribution in [3.05, 3.63) is 51.5 Å². The monoisotopic (exact) mass is 369 g/mol. The predicted octanol–water partition coefficient (Wildman–Crippen LogP) is 4.37. The Morgan fingerprint density at radius 2 is 1.81 bits per heavy atom.